The second-order valence-corrected chi connectivity index (χ2v) is 3.83. The quantitative estimate of drug-likeness (QED) is 0.715. The molecule has 1 N–H and O–H groups in total. The van der Waals surface area contributed by atoms with Gasteiger partial charge in [0.05, 0.1) is 18.2 Å². The van der Waals surface area contributed by atoms with E-state index in [1.807, 2.05) is 6.92 Å². The van der Waals surface area contributed by atoms with Gasteiger partial charge in [0.15, 0.2) is 0 Å². The zero-order valence-electron chi connectivity index (χ0n) is 8.42. The van der Waals surface area contributed by atoms with Crippen LogP contribution in [0.2, 0.25) is 0 Å². The lowest BCUT2D eigenvalue weighted by molar-refractivity contribution is 0.00277. The summed E-state index contributed by atoms with van der Waals surface area (Å²) in [7, 11) is 0. The van der Waals surface area contributed by atoms with Crippen LogP contribution in [-0.2, 0) is 4.74 Å². The average Bonchev–Trinajstić information content (AvgIpc) is 2.14. The number of hydrogen-bond acceptors (Lipinski definition) is 3. The van der Waals surface area contributed by atoms with Gasteiger partial charge in [-0.3, -0.25) is 0 Å². The van der Waals surface area contributed by atoms with Crippen LogP contribution in [-0.4, -0.2) is 25.3 Å². The summed E-state index contributed by atoms with van der Waals surface area (Å²) in [5.41, 5.74) is 0. The first-order chi connectivity index (χ1) is 6.22. The SMILES string of the molecule is CC(C#N)NCC1CCOC(C)C1. The fourth-order valence-corrected chi connectivity index (χ4v) is 1.67. The monoisotopic (exact) mass is 182 g/mol. The normalized spacial score (nSPS) is 30.8. The standard InChI is InChI=1S/C10H18N2O/c1-8(6-11)12-7-10-3-4-13-9(2)5-10/h8-10,12H,3-5,7H2,1-2H3. The molecule has 13 heavy (non-hydrogen) atoms. The van der Waals surface area contributed by atoms with Crippen LogP contribution in [0, 0.1) is 17.2 Å². The van der Waals surface area contributed by atoms with Crippen molar-refractivity contribution in [1.82, 2.24) is 5.32 Å². The van der Waals surface area contributed by atoms with Crippen LogP contribution in [0.1, 0.15) is 26.7 Å². The molecule has 3 atom stereocenters. The van der Waals surface area contributed by atoms with E-state index in [1.165, 1.54) is 0 Å². The Bertz CT molecular complexity index is 188. The van der Waals surface area contributed by atoms with Crippen LogP contribution in [0.25, 0.3) is 0 Å². The van der Waals surface area contributed by atoms with Crippen molar-refractivity contribution in [2.75, 3.05) is 13.2 Å². The minimum Gasteiger partial charge on any atom is -0.378 e. The Kier molecular flexibility index (Phi) is 4.20. The molecule has 3 unspecified atom stereocenters. The maximum Gasteiger partial charge on any atom is 0.0924 e. The molecule has 0 aliphatic carbocycles. The third-order valence-corrected chi connectivity index (χ3v) is 2.50. The molecule has 0 amide bonds. The highest BCUT2D eigenvalue weighted by atomic mass is 16.5. The van der Waals surface area contributed by atoms with Crippen molar-refractivity contribution < 1.29 is 4.74 Å². The first kappa shape index (κ1) is 10.5. The third-order valence-electron chi connectivity index (χ3n) is 2.50. The lowest BCUT2D eigenvalue weighted by Gasteiger charge is -2.27. The molecule has 3 heteroatoms. The van der Waals surface area contributed by atoms with Crippen LogP contribution < -0.4 is 5.32 Å². The van der Waals surface area contributed by atoms with Gasteiger partial charge in [0, 0.05) is 6.61 Å². The molecular formula is C10H18N2O. The van der Waals surface area contributed by atoms with Gasteiger partial charge in [-0.25, -0.2) is 0 Å². The molecule has 1 fully saturated rings. The highest BCUT2D eigenvalue weighted by Crippen LogP contribution is 2.18. The molecular weight excluding hydrogens is 164 g/mol. The van der Waals surface area contributed by atoms with Gasteiger partial charge in [-0.2, -0.15) is 5.26 Å². The molecule has 74 valence electrons. The Hall–Kier alpha value is -0.590. The Morgan fingerprint density at radius 3 is 3.08 bits per heavy atom. The van der Waals surface area contributed by atoms with Crippen molar-refractivity contribution in [3.05, 3.63) is 0 Å². The van der Waals surface area contributed by atoms with Gasteiger partial charge in [0.25, 0.3) is 0 Å². The van der Waals surface area contributed by atoms with Gasteiger partial charge < -0.3 is 10.1 Å². The molecule has 0 saturated carbocycles. The van der Waals surface area contributed by atoms with E-state index in [2.05, 4.69) is 18.3 Å². The van der Waals surface area contributed by atoms with E-state index in [0.717, 1.165) is 26.0 Å². The number of nitrogens with one attached hydrogen (secondary N) is 1. The van der Waals surface area contributed by atoms with Crippen molar-refractivity contribution in [2.24, 2.45) is 5.92 Å². The summed E-state index contributed by atoms with van der Waals surface area (Å²) in [4.78, 5) is 0. The van der Waals surface area contributed by atoms with Crippen LogP contribution >= 0.6 is 0 Å². The van der Waals surface area contributed by atoms with E-state index in [0.29, 0.717) is 12.0 Å². The predicted octanol–water partition coefficient (Wildman–Crippen LogP) is 1.30. The second kappa shape index (κ2) is 5.21. The molecule has 1 aliphatic heterocycles. The van der Waals surface area contributed by atoms with E-state index >= 15 is 0 Å². The van der Waals surface area contributed by atoms with Gasteiger partial charge in [-0.15, -0.1) is 0 Å². The van der Waals surface area contributed by atoms with Gasteiger partial charge in [-0.05, 0) is 39.2 Å². The van der Waals surface area contributed by atoms with Crippen LogP contribution in [0.15, 0.2) is 0 Å². The molecule has 0 bridgehead atoms. The van der Waals surface area contributed by atoms with E-state index in [9.17, 15) is 0 Å². The Morgan fingerprint density at radius 1 is 1.69 bits per heavy atom. The Balaban J connectivity index is 2.17. The summed E-state index contributed by atoms with van der Waals surface area (Å²) >= 11 is 0. The van der Waals surface area contributed by atoms with E-state index in [4.69, 9.17) is 10.00 Å². The van der Waals surface area contributed by atoms with Crippen LogP contribution in [0.5, 0.6) is 0 Å². The number of nitriles is 1. The number of nitrogens with zero attached hydrogens (tertiary/aromatic N) is 1. The Labute approximate surface area is 80.1 Å². The van der Waals surface area contributed by atoms with E-state index in [-0.39, 0.29) is 6.04 Å². The van der Waals surface area contributed by atoms with Crippen molar-refractivity contribution in [2.45, 2.75) is 38.8 Å². The summed E-state index contributed by atoms with van der Waals surface area (Å²) < 4.78 is 5.45. The zero-order chi connectivity index (χ0) is 9.68. The van der Waals surface area contributed by atoms with E-state index in [1.54, 1.807) is 0 Å². The van der Waals surface area contributed by atoms with Crippen molar-refractivity contribution in [3.63, 3.8) is 0 Å². The largest absolute Gasteiger partial charge is 0.378 e. The molecule has 3 nitrogen and oxygen atoms in total. The highest BCUT2D eigenvalue weighted by molar-refractivity contribution is 4.86. The van der Waals surface area contributed by atoms with E-state index < -0.39 is 0 Å². The topological polar surface area (TPSA) is 45.0 Å². The molecule has 0 spiro atoms. The van der Waals surface area contributed by atoms with Crippen molar-refractivity contribution >= 4 is 0 Å². The molecule has 0 aromatic rings. The third kappa shape index (κ3) is 3.75. The zero-order valence-corrected chi connectivity index (χ0v) is 8.42. The second-order valence-electron chi connectivity index (χ2n) is 3.83. The minimum absolute atomic E-state index is 0.0295. The summed E-state index contributed by atoms with van der Waals surface area (Å²) in [5, 5.41) is 11.8. The molecule has 1 saturated heterocycles. The first-order valence-electron chi connectivity index (χ1n) is 4.97. The minimum atomic E-state index is -0.0295. The number of hydrogen-bond donors (Lipinski definition) is 1. The summed E-state index contributed by atoms with van der Waals surface area (Å²) in [6.07, 6.45) is 2.62. The van der Waals surface area contributed by atoms with Crippen molar-refractivity contribution in [3.8, 4) is 6.07 Å². The van der Waals surface area contributed by atoms with Gasteiger partial charge in [0.1, 0.15) is 0 Å². The van der Waals surface area contributed by atoms with Crippen molar-refractivity contribution in [1.29, 1.82) is 5.26 Å². The van der Waals surface area contributed by atoms with Crippen LogP contribution in [0.3, 0.4) is 0 Å². The maximum absolute atomic E-state index is 8.58. The fraction of sp³-hybridized carbons (Fsp3) is 0.900. The molecule has 1 heterocycles. The Morgan fingerprint density at radius 2 is 2.46 bits per heavy atom. The van der Waals surface area contributed by atoms with Gasteiger partial charge in [0.2, 0.25) is 0 Å². The lowest BCUT2D eigenvalue weighted by atomic mass is 9.96. The summed E-state index contributed by atoms with van der Waals surface area (Å²) in [6, 6.07) is 2.14. The highest BCUT2D eigenvalue weighted by Gasteiger charge is 2.19. The number of rotatable bonds is 3. The molecule has 1 rings (SSSR count). The lowest BCUT2D eigenvalue weighted by Crippen LogP contribution is -2.34. The average molecular weight is 182 g/mol. The maximum atomic E-state index is 8.58. The van der Waals surface area contributed by atoms with Gasteiger partial charge in [-0.1, -0.05) is 0 Å². The smallest absolute Gasteiger partial charge is 0.0924 e. The summed E-state index contributed by atoms with van der Waals surface area (Å²) in [6.45, 7) is 5.82. The molecule has 0 aromatic heterocycles. The molecule has 0 radical (unpaired) electrons. The van der Waals surface area contributed by atoms with Crippen LogP contribution in [0.4, 0.5) is 0 Å². The predicted molar refractivity (Wildman–Crippen MR) is 51.2 cm³/mol. The molecule has 1 aliphatic rings. The van der Waals surface area contributed by atoms with Gasteiger partial charge >= 0.3 is 0 Å². The number of ether oxygens (including phenoxy) is 1. The molecule has 0 aromatic carbocycles. The first-order valence-corrected chi connectivity index (χ1v) is 4.97. The fourth-order valence-electron chi connectivity index (χ4n) is 1.67. The summed E-state index contributed by atoms with van der Waals surface area (Å²) in [5.74, 6) is 0.680.